The monoisotopic (exact) mass is 320 g/mol. The van der Waals surface area contributed by atoms with Crippen molar-refractivity contribution in [1.82, 2.24) is 10.2 Å². The molecular formula is C17H24N2O4. The van der Waals surface area contributed by atoms with Crippen LogP contribution in [0.15, 0.2) is 18.2 Å². The molecule has 126 valence electrons. The van der Waals surface area contributed by atoms with Crippen LogP contribution in [0.2, 0.25) is 0 Å². The summed E-state index contributed by atoms with van der Waals surface area (Å²) in [7, 11) is 0. The van der Waals surface area contributed by atoms with Crippen molar-refractivity contribution in [2.75, 3.05) is 19.7 Å². The summed E-state index contributed by atoms with van der Waals surface area (Å²) in [5.41, 5.74) is 1.16. The first-order valence-electron chi connectivity index (χ1n) is 7.84. The highest BCUT2D eigenvalue weighted by atomic mass is 16.5. The van der Waals surface area contributed by atoms with Crippen molar-refractivity contribution in [2.45, 2.75) is 33.7 Å². The number of benzene rings is 1. The summed E-state index contributed by atoms with van der Waals surface area (Å²) >= 11 is 0. The number of likely N-dealkylation sites (tertiary alicyclic amines) is 1. The molecule has 1 unspecified atom stereocenters. The van der Waals surface area contributed by atoms with Gasteiger partial charge in [-0.15, -0.1) is 0 Å². The van der Waals surface area contributed by atoms with E-state index in [0.717, 1.165) is 16.9 Å². The van der Waals surface area contributed by atoms with Crippen LogP contribution in [-0.4, -0.2) is 41.7 Å². The van der Waals surface area contributed by atoms with Crippen molar-refractivity contribution in [3.05, 3.63) is 29.3 Å². The fraction of sp³-hybridized carbons (Fsp3) is 0.529. The smallest absolute Gasteiger partial charge is 0.317 e. The van der Waals surface area contributed by atoms with Gasteiger partial charge in [-0.25, -0.2) is 4.79 Å². The number of urea groups is 1. The van der Waals surface area contributed by atoms with E-state index in [0.29, 0.717) is 26.1 Å². The lowest BCUT2D eigenvalue weighted by molar-refractivity contribution is -0.147. The second kappa shape index (κ2) is 6.89. The Bertz CT molecular complexity index is 602. The molecule has 2 N–H and O–H groups in total. The van der Waals surface area contributed by atoms with Crippen LogP contribution >= 0.6 is 0 Å². The van der Waals surface area contributed by atoms with E-state index < -0.39 is 11.4 Å². The number of aliphatic carboxylic acids is 1. The molecule has 1 aromatic carbocycles. The molecule has 1 aliphatic heterocycles. The van der Waals surface area contributed by atoms with Gasteiger partial charge in [0.25, 0.3) is 0 Å². The van der Waals surface area contributed by atoms with Crippen LogP contribution < -0.4 is 10.1 Å². The lowest BCUT2D eigenvalue weighted by atomic mass is 9.90. The number of carboxylic acid groups (broad SMARTS) is 1. The minimum Gasteiger partial charge on any atom is -0.494 e. The van der Waals surface area contributed by atoms with Crippen LogP contribution in [0.3, 0.4) is 0 Å². The third kappa shape index (κ3) is 3.94. The number of ether oxygens (including phenoxy) is 1. The van der Waals surface area contributed by atoms with Crippen molar-refractivity contribution in [1.29, 1.82) is 0 Å². The molecule has 6 heteroatoms. The van der Waals surface area contributed by atoms with Gasteiger partial charge in [0.1, 0.15) is 5.75 Å². The summed E-state index contributed by atoms with van der Waals surface area (Å²) in [6, 6.07) is 5.62. The van der Waals surface area contributed by atoms with E-state index in [9.17, 15) is 14.7 Å². The molecule has 1 fully saturated rings. The minimum absolute atomic E-state index is 0.236. The highest BCUT2D eigenvalue weighted by molar-refractivity contribution is 5.79. The number of aryl methyl sites for hydroxylation is 1. The number of carbonyl (C=O) groups excluding carboxylic acids is 1. The zero-order valence-corrected chi connectivity index (χ0v) is 13.9. The lowest BCUT2D eigenvalue weighted by Crippen LogP contribution is -2.40. The van der Waals surface area contributed by atoms with Gasteiger partial charge in [-0.1, -0.05) is 12.1 Å². The third-order valence-corrected chi connectivity index (χ3v) is 4.23. The molecule has 0 aromatic heterocycles. The fourth-order valence-corrected chi connectivity index (χ4v) is 2.69. The van der Waals surface area contributed by atoms with E-state index in [2.05, 4.69) is 5.32 Å². The Balaban J connectivity index is 1.96. The van der Waals surface area contributed by atoms with Gasteiger partial charge in [0.15, 0.2) is 0 Å². The van der Waals surface area contributed by atoms with Gasteiger partial charge in [0.05, 0.1) is 12.0 Å². The Morgan fingerprint density at radius 3 is 2.78 bits per heavy atom. The zero-order valence-electron chi connectivity index (χ0n) is 13.9. The normalized spacial score (nSPS) is 20.4. The molecule has 23 heavy (non-hydrogen) atoms. The van der Waals surface area contributed by atoms with Crippen molar-refractivity contribution >= 4 is 12.0 Å². The van der Waals surface area contributed by atoms with E-state index in [4.69, 9.17) is 4.74 Å². The molecule has 1 aromatic rings. The van der Waals surface area contributed by atoms with Gasteiger partial charge in [-0.05, 0) is 38.8 Å². The lowest BCUT2D eigenvalue weighted by Gasteiger charge is -2.21. The molecular weight excluding hydrogens is 296 g/mol. The number of rotatable bonds is 5. The quantitative estimate of drug-likeness (QED) is 0.873. The second-order valence-electron chi connectivity index (χ2n) is 6.24. The summed E-state index contributed by atoms with van der Waals surface area (Å²) in [4.78, 5) is 25.0. The Kier molecular flexibility index (Phi) is 5.13. The Morgan fingerprint density at radius 2 is 2.17 bits per heavy atom. The minimum atomic E-state index is -0.857. The van der Waals surface area contributed by atoms with Crippen LogP contribution in [-0.2, 0) is 11.3 Å². The summed E-state index contributed by atoms with van der Waals surface area (Å²) in [5.74, 6) is -0.0884. The largest absolute Gasteiger partial charge is 0.494 e. The molecule has 0 radical (unpaired) electrons. The van der Waals surface area contributed by atoms with Crippen LogP contribution in [0.25, 0.3) is 0 Å². The molecule has 2 amide bonds. The van der Waals surface area contributed by atoms with Crippen LogP contribution in [0.5, 0.6) is 5.75 Å². The molecule has 0 saturated carbocycles. The second-order valence-corrected chi connectivity index (χ2v) is 6.24. The molecule has 6 nitrogen and oxygen atoms in total. The van der Waals surface area contributed by atoms with Crippen LogP contribution in [0.4, 0.5) is 4.79 Å². The maximum Gasteiger partial charge on any atom is 0.317 e. The van der Waals surface area contributed by atoms with Crippen LogP contribution in [0.1, 0.15) is 31.4 Å². The van der Waals surface area contributed by atoms with E-state index in [1.165, 1.54) is 0 Å². The van der Waals surface area contributed by atoms with Gasteiger partial charge in [-0.3, -0.25) is 4.79 Å². The Labute approximate surface area is 136 Å². The molecule has 2 rings (SSSR count). The van der Waals surface area contributed by atoms with Gasteiger partial charge < -0.3 is 20.1 Å². The Hall–Kier alpha value is -2.24. The maximum atomic E-state index is 12.2. The summed E-state index contributed by atoms with van der Waals surface area (Å²) in [6.45, 7) is 7.20. The predicted molar refractivity (Wildman–Crippen MR) is 86.5 cm³/mol. The SMILES string of the molecule is CCOc1cc(C)ccc1CNC(=O)N1CCC(C)(C(=O)O)C1. The highest BCUT2D eigenvalue weighted by Crippen LogP contribution is 2.30. The first-order chi connectivity index (χ1) is 10.9. The van der Waals surface area contributed by atoms with Crippen molar-refractivity contribution in [3.8, 4) is 5.75 Å². The summed E-state index contributed by atoms with van der Waals surface area (Å²) in [6.07, 6.45) is 0.477. The fourth-order valence-electron chi connectivity index (χ4n) is 2.69. The first-order valence-corrected chi connectivity index (χ1v) is 7.84. The molecule has 0 spiro atoms. The number of hydrogen-bond donors (Lipinski definition) is 2. The average Bonchev–Trinajstić information content (AvgIpc) is 2.91. The van der Waals surface area contributed by atoms with Gasteiger partial charge >= 0.3 is 12.0 Å². The number of hydrogen-bond acceptors (Lipinski definition) is 3. The van der Waals surface area contributed by atoms with Gasteiger partial charge in [0.2, 0.25) is 0 Å². The van der Waals surface area contributed by atoms with Crippen molar-refractivity contribution in [2.24, 2.45) is 5.41 Å². The first kappa shape index (κ1) is 17.1. The summed E-state index contributed by atoms with van der Waals surface area (Å²) in [5, 5.41) is 12.1. The Morgan fingerprint density at radius 1 is 1.43 bits per heavy atom. The van der Waals surface area contributed by atoms with Gasteiger partial charge in [0, 0.05) is 25.2 Å². The van der Waals surface area contributed by atoms with Gasteiger partial charge in [-0.2, -0.15) is 0 Å². The van der Waals surface area contributed by atoms with E-state index in [1.54, 1.807) is 11.8 Å². The molecule has 1 saturated heterocycles. The maximum absolute atomic E-state index is 12.2. The zero-order chi connectivity index (χ0) is 17.0. The standard InChI is InChI=1S/C17H24N2O4/c1-4-23-14-9-12(2)5-6-13(14)10-18-16(22)19-8-7-17(3,11-19)15(20)21/h5-6,9H,4,7-8,10-11H2,1-3H3,(H,18,22)(H,20,21). The van der Waals surface area contributed by atoms with Crippen molar-refractivity contribution in [3.63, 3.8) is 0 Å². The number of carbonyl (C=O) groups is 2. The summed E-state index contributed by atoms with van der Waals surface area (Å²) < 4.78 is 5.60. The molecule has 1 heterocycles. The molecule has 0 bridgehead atoms. The van der Waals surface area contributed by atoms with E-state index in [-0.39, 0.29) is 12.6 Å². The molecule has 1 aliphatic rings. The van der Waals surface area contributed by atoms with Crippen LogP contribution in [0, 0.1) is 12.3 Å². The predicted octanol–water partition coefficient (Wildman–Crippen LogP) is 2.40. The van der Waals surface area contributed by atoms with E-state index in [1.807, 2.05) is 32.0 Å². The number of nitrogens with zero attached hydrogens (tertiary/aromatic N) is 1. The molecule has 0 aliphatic carbocycles. The number of nitrogens with one attached hydrogen (secondary N) is 1. The number of amides is 2. The molecule has 1 atom stereocenters. The van der Waals surface area contributed by atoms with Crippen molar-refractivity contribution < 1.29 is 19.4 Å². The van der Waals surface area contributed by atoms with E-state index >= 15 is 0 Å². The average molecular weight is 320 g/mol. The highest BCUT2D eigenvalue weighted by Gasteiger charge is 2.42. The third-order valence-electron chi connectivity index (χ3n) is 4.23. The number of carboxylic acids is 1. The topological polar surface area (TPSA) is 78.9 Å².